The first kappa shape index (κ1) is 25.5. The van der Waals surface area contributed by atoms with E-state index < -0.39 is 5.97 Å². The lowest BCUT2D eigenvalue weighted by Crippen LogP contribution is -2.34. The fourth-order valence-corrected chi connectivity index (χ4v) is 4.78. The number of anilines is 1. The molecule has 0 saturated heterocycles. The van der Waals surface area contributed by atoms with Gasteiger partial charge in [-0.15, -0.1) is 0 Å². The summed E-state index contributed by atoms with van der Waals surface area (Å²) in [5, 5.41) is 1.62. The molecule has 5 rings (SSSR count). The van der Waals surface area contributed by atoms with E-state index >= 15 is 0 Å². The largest absolute Gasteiger partial charge is 0.493 e. The standard InChI is InChI=1S/C32H32N2O4/c1-32(2,3)19-29(35)34(30-27-12-11-26(31(36)37-4)17-25(27)13-15-33-30)20-21-5-7-22(8-6-21)24-10-9-23-14-16-38-28(23)18-24/h5-13,15,17-18H,14,16,19-20H2,1-4H3. The molecule has 2 heterocycles. The van der Waals surface area contributed by atoms with Crippen LogP contribution in [-0.4, -0.2) is 30.6 Å². The molecule has 194 valence electrons. The van der Waals surface area contributed by atoms with Crippen LogP contribution in [0.1, 0.15) is 48.7 Å². The summed E-state index contributed by atoms with van der Waals surface area (Å²) in [5.41, 5.74) is 4.72. The van der Waals surface area contributed by atoms with Crippen molar-refractivity contribution in [3.63, 3.8) is 0 Å². The van der Waals surface area contributed by atoms with E-state index in [9.17, 15) is 9.59 Å². The van der Waals surface area contributed by atoms with Gasteiger partial charge in [0.05, 0.1) is 25.8 Å². The molecule has 1 amide bonds. The molecule has 0 N–H and O–H groups in total. The highest BCUT2D eigenvalue weighted by molar-refractivity contribution is 6.04. The second kappa shape index (κ2) is 10.3. The zero-order chi connectivity index (χ0) is 26.9. The minimum Gasteiger partial charge on any atom is -0.493 e. The number of methoxy groups -OCH3 is 1. The summed E-state index contributed by atoms with van der Waals surface area (Å²) >= 11 is 0. The van der Waals surface area contributed by atoms with Crippen LogP contribution in [0.3, 0.4) is 0 Å². The third-order valence-electron chi connectivity index (χ3n) is 6.73. The molecule has 0 saturated carbocycles. The molecule has 0 aliphatic carbocycles. The van der Waals surface area contributed by atoms with Crippen LogP contribution < -0.4 is 9.64 Å². The van der Waals surface area contributed by atoms with Gasteiger partial charge in [0.2, 0.25) is 5.91 Å². The first-order chi connectivity index (χ1) is 18.2. The van der Waals surface area contributed by atoms with Gasteiger partial charge in [0.25, 0.3) is 0 Å². The predicted molar refractivity (Wildman–Crippen MR) is 149 cm³/mol. The van der Waals surface area contributed by atoms with Gasteiger partial charge < -0.3 is 9.47 Å². The van der Waals surface area contributed by atoms with E-state index in [2.05, 4.69) is 68.2 Å². The Morgan fingerprint density at radius 1 is 0.974 bits per heavy atom. The molecule has 1 aliphatic heterocycles. The van der Waals surface area contributed by atoms with Crippen LogP contribution in [0.15, 0.2) is 72.9 Å². The molecule has 38 heavy (non-hydrogen) atoms. The molecule has 6 heteroatoms. The van der Waals surface area contributed by atoms with Gasteiger partial charge >= 0.3 is 5.97 Å². The van der Waals surface area contributed by atoms with E-state index in [1.165, 1.54) is 12.7 Å². The lowest BCUT2D eigenvalue weighted by molar-refractivity contribution is -0.120. The van der Waals surface area contributed by atoms with Gasteiger partial charge in [0.1, 0.15) is 11.6 Å². The van der Waals surface area contributed by atoms with Gasteiger partial charge in [-0.25, -0.2) is 9.78 Å². The molecule has 0 atom stereocenters. The minimum atomic E-state index is -0.402. The van der Waals surface area contributed by atoms with Crippen LogP contribution in [0.2, 0.25) is 0 Å². The van der Waals surface area contributed by atoms with Gasteiger partial charge in [0, 0.05) is 24.4 Å². The number of ether oxygens (including phenoxy) is 2. The number of rotatable bonds is 6. The molecule has 0 unspecified atom stereocenters. The third kappa shape index (κ3) is 5.40. The van der Waals surface area contributed by atoms with Gasteiger partial charge in [-0.3, -0.25) is 9.69 Å². The quantitative estimate of drug-likeness (QED) is 0.275. The number of pyridine rings is 1. The number of fused-ring (bicyclic) bond motifs is 2. The summed E-state index contributed by atoms with van der Waals surface area (Å²) < 4.78 is 10.6. The third-order valence-corrected chi connectivity index (χ3v) is 6.73. The molecule has 0 fully saturated rings. The lowest BCUT2D eigenvalue weighted by Gasteiger charge is -2.27. The second-order valence-electron chi connectivity index (χ2n) is 10.9. The highest BCUT2D eigenvalue weighted by Crippen LogP contribution is 2.33. The maximum Gasteiger partial charge on any atom is 0.337 e. The summed E-state index contributed by atoms with van der Waals surface area (Å²) in [6, 6.07) is 21.8. The van der Waals surface area contributed by atoms with Gasteiger partial charge in [0.15, 0.2) is 0 Å². The Bertz CT molecular complexity index is 1500. The number of benzene rings is 3. The second-order valence-corrected chi connectivity index (χ2v) is 10.9. The Morgan fingerprint density at radius 2 is 1.74 bits per heavy atom. The highest BCUT2D eigenvalue weighted by atomic mass is 16.5. The van der Waals surface area contributed by atoms with Crippen molar-refractivity contribution in [1.29, 1.82) is 0 Å². The number of carbonyl (C=O) groups is 2. The Labute approximate surface area is 223 Å². The normalized spacial score (nSPS) is 12.6. The minimum absolute atomic E-state index is 0.00519. The number of aromatic nitrogens is 1. The number of hydrogen-bond acceptors (Lipinski definition) is 5. The SMILES string of the molecule is COC(=O)c1ccc2c(N(Cc3ccc(-c4ccc5c(c4)OCC5)cc3)C(=O)CC(C)(C)C)nccc2c1. The maximum absolute atomic E-state index is 13.6. The van der Waals surface area contributed by atoms with Crippen molar-refractivity contribution in [3.05, 3.63) is 89.6 Å². The van der Waals surface area contributed by atoms with E-state index in [1.807, 2.05) is 12.1 Å². The fraction of sp³-hybridized carbons (Fsp3) is 0.281. The molecular formula is C32H32N2O4. The van der Waals surface area contributed by atoms with Crippen LogP contribution in [0, 0.1) is 5.41 Å². The predicted octanol–water partition coefficient (Wildman–Crippen LogP) is 6.59. The van der Waals surface area contributed by atoms with Gasteiger partial charge in [-0.1, -0.05) is 57.2 Å². The van der Waals surface area contributed by atoms with Crippen molar-refractivity contribution >= 4 is 28.5 Å². The molecule has 0 radical (unpaired) electrons. The number of esters is 1. The smallest absolute Gasteiger partial charge is 0.337 e. The van der Waals surface area contributed by atoms with Crippen molar-refractivity contribution in [2.45, 2.75) is 40.2 Å². The Hall–Kier alpha value is -4.19. The monoisotopic (exact) mass is 508 g/mol. The Morgan fingerprint density at radius 3 is 2.47 bits per heavy atom. The summed E-state index contributed by atoms with van der Waals surface area (Å²) in [5.74, 6) is 1.13. The van der Waals surface area contributed by atoms with E-state index in [4.69, 9.17) is 9.47 Å². The first-order valence-corrected chi connectivity index (χ1v) is 12.8. The zero-order valence-electron chi connectivity index (χ0n) is 22.3. The van der Waals surface area contributed by atoms with E-state index in [0.29, 0.717) is 24.3 Å². The summed E-state index contributed by atoms with van der Waals surface area (Å²) in [4.78, 5) is 32.1. The Kier molecular flexibility index (Phi) is 6.89. The number of amides is 1. The topological polar surface area (TPSA) is 68.7 Å². The van der Waals surface area contributed by atoms with Crippen LogP contribution in [0.25, 0.3) is 21.9 Å². The molecule has 0 bridgehead atoms. The Balaban J connectivity index is 1.48. The summed E-state index contributed by atoms with van der Waals surface area (Å²) in [6.07, 6.45) is 3.01. The highest BCUT2D eigenvalue weighted by Gasteiger charge is 2.25. The number of hydrogen-bond donors (Lipinski definition) is 0. The average Bonchev–Trinajstić information content (AvgIpc) is 3.38. The summed E-state index contributed by atoms with van der Waals surface area (Å²) in [7, 11) is 1.36. The summed E-state index contributed by atoms with van der Waals surface area (Å²) in [6.45, 7) is 7.28. The van der Waals surface area contributed by atoms with Crippen molar-refractivity contribution in [2.24, 2.45) is 5.41 Å². The van der Waals surface area contributed by atoms with E-state index in [-0.39, 0.29) is 11.3 Å². The maximum atomic E-state index is 13.6. The number of carbonyl (C=O) groups excluding carboxylic acids is 2. The molecule has 1 aromatic heterocycles. The van der Waals surface area contributed by atoms with Crippen molar-refractivity contribution in [2.75, 3.05) is 18.6 Å². The fourth-order valence-electron chi connectivity index (χ4n) is 4.78. The van der Waals surface area contributed by atoms with Gasteiger partial charge in [-0.2, -0.15) is 0 Å². The number of nitrogens with zero attached hydrogens (tertiary/aromatic N) is 2. The van der Waals surface area contributed by atoms with Crippen LogP contribution in [0.4, 0.5) is 5.82 Å². The van der Waals surface area contributed by atoms with Crippen LogP contribution in [0.5, 0.6) is 5.75 Å². The van der Waals surface area contributed by atoms with Gasteiger partial charge in [-0.05, 0) is 63.4 Å². The molecule has 6 nitrogen and oxygen atoms in total. The van der Waals surface area contributed by atoms with E-state index in [0.717, 1.165) is 46.2 Å². The molecule has 3 aromatic carbocycles. The van der Waals surface area contributed by atoms with Crippen LogP contribution in [-0.2, 0) is 22.5 Å². The van der Waals surface area contributed by atoms with Crippen molar-refractivity contribution < 1.29 is 19.1 Å². The molecule has 0 spiro atoms. The lowest BCUT2D eigenvalue weighted by atomic mass is 9.91. The van der Waals surface area contributed by atoms with Crippen molar-refractivity contribution in [1.82, 2.24) is 4.98 Å². The van der Waals surface area contributed by atoms with Crippen LogP contribution >= 0.6 is 0 Å². The molecule has 4 aromatic rings. The average molecular weight is 509 g/mol. The van der Waals surface area contributed by atoms with Crippen molar-refractivity contribution in [3.8, 4) is 16.9 Å². The van der Waals surface area contributed by atoms with E-state index in [1.54, 1.807) is 23.2 Å². The first-order valence-electron chi connectivity index (χ1n) is 12.8. The zero-order valence-corrected chi connectivity index (χ0v) is 22.3. The molecule has 1 aliphatic rings. The molecular weight excluding hydrogens is 476 g/mol.